The van der Waals surface area contributed by atoms with E-state index in [1.54, 1.807) is 0 Å². The number of rotatable bonds is 1. The first kappa shape index (κ1) is 8.53. The van der Waals surface area contributed by atoms with E-state index in [1.807, 2.05) is 4.90 Å². The van der Waals surface area contributed by atoms with E-state index < -0.39 is 0 Å². The quantitative estimate of drug-likeness (QED) is 0.448. The van der Waals surface area contributed by atoms with Crippen molar-refractivity contribution in [3.05, 3.63) is 0 Å². The fourth-order valence-electron chi connectivity index (χ4n) is 1.63. The van der Waals surface area contributed by atoms with Crippen LogP contribution >= 0.6 is 0 Å². The van der Waals surface area contributed by atoms with E-state index in [1.165, 1.54) is 0 Å². The van der Waals surface area contributed by atoms with Crippen molar-refractivity contribution >= 4 is 11.7 Å². The second kappa shape index (κ2) is 3.36. The molecule has 0 spiro atoms. The molecule has 1 amide bonds. The van der Waals surface area contributed by atoms with Gasteiger partial charge in [0, 0.05) is 19.0 Å². The number of hydrogen-bond donors (Lipinski definition) is 2. The highest BCUT2D eigenvalue weighted by Gasteiger charge is 2.31. The van der Waals surface area contributed by atoms with Crippen LogP contribution in [0.5, 0.6) is 0 Å². The molecule has 13 heavy (non-hydrogen) atoms. The fraction of sp³-hybridized carbons (Fsp3) is 0.778. The summed E-state index contributed by atoms with van der Waals surface area (Å²) in [5.41, 5.74) is 0. The van der Waals surface area contributed by atoms with E-state index in [2.05, 4.69) is 5.32 Å². The van der Waals surface area contributed by atoms with Gasteiger partial charge in [0.1, 0.15) is 0 Å². The van der Waals surface area contributed by atoms with Crippen molar-refractivity contribution in [1.29, 1.82) is 5.41 Å². The zero-order chi connectivity index (χ0) is 9.26. The Balaban J connectivity index is 1.95. The summed E-state index contributed by atoms with van der Waals surface area (Å²) in [6.45, 7) is 2.00. The summed E-state index contributed by atoms with van der Waals surface area (Å²) >= 11 is 0. The van der Waals surface area contributed by atoms with Crippen LogP contribution in [0.2, 0.25) is 0 Å². The summed E-state index contributed by atoms with van der Waals surface area (Å²) in [4.78, 5) is 13.1. The lowest BCUT2D eigenvalue weighted by atomic mass is 10.3. The van der Waals surface area contributed by atoms with Gasteiger partial charge in [-0.05, 0) is 19.3 Å². The fourth-order valence-corrected chi connectivity index (χ4v) is 1.63. The third kappa shape index (κ3) is 1.99. The topological polar surface area (TPSA) is 56.2 Å². The van der Waals surface area contributed by atoms with Gasteiger partial charge < -0.3 is 10.2 Å². The van der Waals surface area contributed by atoms with Crippen LogP contribution in [0.15, 0.2) is 0 Å². The van der Waals surface area contributed by atoms with E-state index in [-0.39, 0.29) is 5.91 Å². The molecule has 0 aromatic carbocycles. The summed E-state index contributed by atoms with van der Waals surface area (Å²) in [6.07, 6.45) is 3.23. The molecule has 2 N–H and O–H groups in total. The average Bonchev–Trinajstić information content (AvgIpc) is 2.88. The Hall–Kier alpha value is -1.06. The van der Waals surface area contributed by atoms with Crippen LogP contribution in [0.3, 0.4) is 0 Å². The first-order valence-electron chi connectivity index (χ1n) is 4.87. The van der Waals surface area contributed by atoms with Gasteiger partial charge in [-0.25, -0.2) is 0 Å². The lowest BCUT2D eigenvalue weighted by Crippen LogP contribution is -2.37. The molecule has 1 aliphatic heterocycles. The van der Waals surface area contributed by atoms with Crippen LogP contribution in [0.1, 0.15) is 19.3 Å². The Bertz CT molecular complexity index is 235. The maximum absolute atomic E-state index is 11.2. The maximum Gasteiger partial charge on any atom is 0.239 e. The lowest BCUT2D eigenvalue weighted by Gasteiger charge is -2.21. The van der Waals surface area contributed by atoms with Crippen LogP contribution < -0.4 is 5.32 Å². The molecule has 4 nitrogen and oxygen atoms in total. The second-order valence-corrected chi connectivity index (χ2v) is 3.78. The van der Waals surface area contributed by atoms with Crippen molar-refractivity contribution in [2.75, 3.05) is 19.6 Å². The standard InChI is InChI=1S/C9H15N3O/c10-9(7-2-3-7)12-5-1-4-11-8(13)6-12/h7,10H,1-6H2,(H,11,13). The number of carbonyl (C=O) groups is 1. The first-order chi connectivity index (χ1) is 6.27. The van der Waals surface area contributed by atoms with Crippen molar-refractivity contribution < 1.29 is 4.79 Å². The molecule has 0 atom stereocenters. The smallest absolute Gasteiger partial charge is 0.239 e. The predicted octanol–water partition coefficient (Wildman–Crippen LogP) is 0.196. The van der Waals surface area contributed by atoms with Gasteiger partial charge in [-0.2, -0.15) is 0 Å². The molecule has 1 aliphatic carbocycles. The monoisotopic (exact) mass is 181 g/mol. The number of carbonyl (C=O) groups excluding carboxylic acids is 1. The minimum absolute atomic E-state index is 0.0582. The molecule has 0 aromatic rings. The summed E-state index contributed by atoms with van der Waals surface area (Å²) in [6, 6.07) is 0. The third-order valence-corrected chi connectivity index (χ3v) is 2.57. The normalized spacial score (nSPS) is 23.7. The minimum Gasteiger partial charge on any atom is -0.354 e. The van der Waals surface area contributed by atoms with E-state index in [9.17, 15) is 4.79 Å². The molecule has 0 radical (unpaired) electrons. The van der Waals surface area contributed by atoms with E-state index in [0.29, 0.717) is 18.3 Å². The van der Waals surface area contributed by atoms with Gasteiger partial charge in [-0.3, -0.25) is 10.2 Å². The van der Waals surface area contributed by atoms with Crippen molar-refractivity contribution in [2.24, 2.45) is 5.92 Å². The highest BCUT2D eigenvalue weighted by molar-refractivity contribution is 5.88. The minimum atomic E-state index is 0.0582. The zero-order valence-corrected chi connectivity index (χ0v) is 7.68. The van der Waals surface area contributed by atoms with Crippen molar-refractivity contribution in [3.63, 3.8) is 0 Å². The number of nitrogens with zero attached hydrogens (tertiary/aromatic N) is 1. The molecule has 1 heterocycles. The lowest BCUT2D eigenvalue weighted by molar-refractivity contribution is -0.120. The molecule has 0 bridgehead atoms. The maximum atomic E-state index is 11.2. The Kier molecular flexibility index (Phi) is 2.20. The van der Waals surface area contributed by atoms with Gasteiger partial charge in [-0.1, -0.05) is 0 Å². The Morgan fingerprint density at radius 1 is 1.54 bits per heavy atom. The zero-order valence-electron chi connectivity index (χ0n) is 7.68. The molecule has 1 saturated carbocycles. The van der Waals surface area contributed by atoms with Crippen molar-refractivity contribution in [3.8, 4) is 0 Å². The Morgan fingerprint density at radius 2 is 2.31 bits per heavy atom. The highest BCUT2D eigenvalue weighted by Crippen LogP contribution is 2.31. The molecular formula is C9H15N3O. The van der Waals surface area contributed by atoms with Crippen molar-refractivity contribution in [2.45, 2.75) is 19.3 Å². The third-order valence-electron chi connectivity index (χ3n) is 2.57. The molecule has 2 aliphatic rings. The molecule has 2 rings (SSSR count). The summed E-state index contributed by atoms with van der Waals surface area (Å²) < 4.78 is 0. The van der Waals surface area contributed by atoms with Crippen LogP contribution in [0.25, 0.3) is 0 Å². The summed E-state index contributed by atoms with van der Waals surface area (Å²) in [5.74, 6) is 1.19. The highest BCUT2D eigenvalue weighted by atomic mass is 16.2. The molecule has 4 heteroatoms. The van der Waals surface area contributed by atoms with Crippen LogP contribution in [0, 0.1) is 11.3 Å². The van der Waals surface area contributed by atoms with Gasteiger partial charge in [0.15, 0.2) is 0 Å². The number of amidine groups is 1. The molecule has 1 saturated heterocycles. The van der Waals surface area contributed by atoms with Gasteiger partial charge >= 0.3 is 0 Å². The molecule has 0 unspecified atom stereocenters. The first-order valence-corrected chi connectivity index (χ1v) is 4.87. The molecule has 72 valence electrons. The van der Waals surface area contributed by atoms with Crippen LogP contribution in [-0.2, 0) is 4.79 Å². The number of amides is 1. The number of hydrogen-bond acceptors (Lipinski definition) is 2. The second-order valence-electron chi connectivity index (χ2n) is 3.78. The molecule has 2 fully saturated rings. The Morgan fingerprint density at radius 3 is 3.00 bits per heavy atom. The molecule has 0 aromatic heterocycles. The largest absolute Gasteiger partial charge is 0.354 e. The number of nitrogens with one attached hydrogen (secondary N) is 2. The van der Waals surface area contributed by atoms with Gasteiger partial charge in [0.2, 0.25) is 5.91 Å². The van der Waals surface area contributed by atoms with Crippen molar-refractivity contribution in [1.82, 2.24) is 10.2 Å². The van der Waals surface area contributed by atoms with E-state index in [0.717, 1.165) is 32.4 Å². The van der Waals surface area contributed by atoms with Gasteiger partial charge in [-0.15, -0.1) is 0 Å². The summed E-state index contributed by atoms with van der Waals surface area (Å²) in [7, 11) is 0. The Labute approximate surface area is 77.8 Å². The summed E-state index contributed by atoms with van der Waals surface area (Å²) in [5, 5.41) is 10.6. The SMILES string of the molecule is N=C(C1CC1)N1CCCNC(=O)C1. The van der Waals surface area contributed by atoms with E-state index >= 15 is 0 Å². The predicted molar refractivity (Wildman–Crippen MR) is 49.7 cm³/mol. The van der Waals surface area contributed by atoms with Gasteiger partial charge in [0.05, 0.1) is 12.4 Å². The van der Waals surface area contributed by atoms with Crippen LogP contribution in [-0.4, -0.2) is 36.3 Å². The van der Waals surface area contributed by atoms with E-state index in [4.69, 9.17) is 5.41 Å². The van der Waals surface area contributed by atoms with Gasteiger partial charge in [0.25, 0.3) is 0 Å². The molecular weight excluding hydrogens is 166 g/mol. The van der Waals surface area contributed by atoms with Crippen LogP contribution in [0.4, 0.5) is 0 Å². The average molecular weight is 181 g/mol.